The summed E-state index contributed by atoms with van der Waals surface area (Å²) in [6.07, 6.45) is 0. The van der Waals surface area contributed by atoms with Crippen molar-refractivity contribution >= 4 is 22.9 Å². The molecule has 8 heteroatoms. The van der Waals surface area contributed by atoms with Gasteiger partial charge in [0.1, 0.15) is 28.2 Å². The van der Waals surface area contributed by atoms with Gasteiger partial charge in [-0.2, -0.15) is 0 Å². The van der Waals surface area contributed by atoms with Crippen molar-refractivity contribution in [3.05, 3.63) is 34.2 Å². The zero-order valence-corrected chi connectivity index (χ0v) is 14.8. The lowest BCUT2D eigenvalue weighted by Gasteiger charge is -2.12. The molecule has 1 aromatic heterocycles. The second kappa shape index (κ2) is 8.89. The first kappa shape index (κ1) is 19.3. The number of rotatable bonds is 8. The van der Waals surface area contributed by atoms with Crippen LogP contribution in [0.4, 0.5) is 0 Å². The molecule has 0 bridgehead atoms. The third-order valence-electron chi connectivity index (χ3n) is 3.20. The normalized spacial score (nSPS) is 10.4. The minimum atomic E-state index is -0.574. The summed E-state index contributed by atoms with van der Waals surface area (Å²) in [6.45, 7) is 4.76. The Balaban J connectivity index is 2.34. The van der Waals surface area contributed by atoms with Gasteiger partial charge >= 0.3 is 11.9 Å². The highest BCUT2D eigenvalue weighted by atomic mass is 16.6. The lowest BCUT2D eigenvalue weighted by molar-refractivity contribution is -0.146. The molecule has 140 valence electrons. The van der Waals surface area contributed by atoms with Crippen LogP contribution in [0.3, 0.4) is 0 Å². The molecule has 2 aromatic rings. The summed E-state index contributed by atoms with van der Waals surface area (Å²) in [5.74, 6) is -0.370. The number of fused-ring (bicyclic) bond motifs is 1. The molecule has 1 aromatic carbocycles. The van der Waals surface area contributed by atoms with Crippen molar-refractivity contribution in [1.82, 2.24) is 0 Å². The van der Waals surface area contributed by atoms with Crippen molar-refractivity contribution in [1.29, 1.82) is 0 Å². The fraction of sp³-hybridized carbons (Fsp3) is 0.389. The molecule has 0 aliphatic heterocycles. The Kier molecular flexibility index (Phi) is 6.60. The molecule has 26 heavy (non-hydrogen) atoms. The van der Waals surface area contributed by atoms with E-state index >= 15 is 0 Å². The second-order valence-corrected chi connectivity index (χ2v) is 5.20. The minimum absolute atomic E-state index is 0.100. The molecule has 0 fully saturated rings. The third kappa shape index (κ3) is 4.98. The number of carbonyl (C=O) groups excluding carboxylic acids is 2. The van der Waals surface area contributed by atoms with Gasteiger partial charge in [-0.1, -0.05) is 0 Å². The van der Waals surface area contributed by atoms with Gasteiger partial charge in [-0.3, -0.25) is 4.79 Å². The van der Waals surface area contributed by atoms with Gasteiger partial charge in [-0.15, -0.1) is 0 Å². The van der Waals surface area contributed by atoms with Crippen molar-refractivity contribution in [3.8, 4) is 11.5 Å². The predicted octanol–water partition coefficient (Wildman–Crippen LogP) is 1.99. The van der Waals surface area contributed by atoms with E-state index in [0.29, 0.717) is 5.76 Å². The zero-order valence-electron chi connectivity index (χ0n) is 14.8. The summed E-state index contributed by atoms with van der Waals surface area (Å²) in [5.41, 5.74) is -0.102. The molecule has 0 radical (unpaired) electrons. The molecular formula is C18H20O8. The van der Waals surface area contributed by atoms with E-state index in [-0.39, 0.29) is 54.3 Å². The number of hydrogen-bond donors (Lipinski definition) is 0. The van der Waals surface area contributed by atoms with Crippen LogP contribution in [0.5, 0.6) is 11.5 Å². The Morgan fingerprint density at radius 1 is 0.962 bits per heavy atom. The first-order valence-electron chi connectivity index (χ1n) is 8.10. The second-order valence-electron chi connectivity index (χ2n) is 5.20. The van der Waals surface area contributed by atoms with Crippen LogP contribution < -0.4 is 14.9 Å². The largest absolute Gasteiger partial charge is 0.482 e. The van der Waals surface area contributed by atoms with Gasteiger partial charge < -0.3 is 23.4 Å². The van der Waals surface area contributed by atoms with Crippen LogP contribution in [-0.4, -0.2) is 38.4 Å². The van der Waals surface area contributed by atoms with Crippen LogP contribution in [0.25, 0.3) is 11.0 Å². The molecule has 0 N–H and O–H groups in total. The number of esters is 2. The predicted molar refractivity (Wildman–Crippen MR) is 91.5 cm³/mol. The molecule has 0 amide bonds. The molecule has 1 heterocycles. The maximum absolute atomic E-state index is 12.3. The van der Waals surface area contributed by atoms with E-state index in [1.54, 1.807) is 20.8 Å². The van der Waals surface area contributed by atoms with E-state index in [9.17, 15) is 14.4 Å². The fourth-order valence-electron chi connectivity index (χ4n) is 2.23. The zero-order chi connectivity index (χ0) is 19.1. The summed E-state index contributed by atoms with van der Waals surface area (Å²) in [5, 5.41) is 0.170. The molecule has 2 rings (SSSR count). The van der Waals surface area contributed by atoms with E-state index in [2.05, 4.69) is 0 Å². The van der Waals surface area contributed by atoms with Crippen molar-refractivity contribution in [2.75, 3.05) is 26.4 Å². The number of aryl methyl sites for hydroxylation is 1. The third-order valence-corrected chi connectivity index (χ3v) is 3.20. The molecule has 8 nitrogen and oxygen atoms in total. The Morgan fingerprint density at radius 3 is 2.19 bits per heavy atom. The van der Waals surface area contributed by atoms with Crippen LogP contribution in [-0.2, 0) is 19.1 Å². The van der Waals surface area contributed by atoms with Crippen LogP contribution >= 0.6 is 0 Å². The average molecular weight is 364 g/mol. The molecule has 0 aliphatic rings. The number of benzene rings is 1. The SMILES string of the molecule is CCOC(=O)COc1cc(OCC(=O)OCC)c2c(=O)cc(C)oc2c1. The molecule has 0 aliphatic carbocycles. The first-order valence-corrected chi connectivity index (χ1v) is 8.10. The Labute approximate surface area is 149 Å². The molecule has 0 atom stereocenters. The quantitative estimate of drug-likeness (QED) is 0.656. The van der Waals surface area contributed by atoms with Crippen molar-refractivity contribution in [2.45, 2.75) is 20.8 Å². The van der Waals surface area contributed by atoms with Gasteiger partial charge in [0.15, 0.2) is 18.6 Å². The average Bonchev–Trinajstić information content (AvgIpc) is 2.57. The van der Waals surface area contributed by atoms with Crippen LogP contribution in [0.2, 0.25) is 0 Å². The van der Waals surface area contributed by atoms with Gasteiger partial charge in [0, 0.05) is 18.2 Å². The van der Waals surface area contributed by atoms with E-state index in [1.807, 2.05) is 0 Å². The molecular weight excluding hydrogens is 344 g/mol. The lowest BCUT2D eigenvalue weighted by atomic mass is 10.2. The van der Waals surface area contributed by atoms with E-state index in [4.69, 9.17) is 23.4 Å². The monoisotopic (exact) mass is 364 g/mol. The van der Waals surface area contributed by atoms with E-state index in [0.717, 1.165) is 0 Å². The van der Waals surface area contributed by atoms with Crippen LogP contribution in [0, 0.1) is 6.92 Å². The number of carbonyl (C=O) groups is 2. The molecule has 0 spiro atoms. The molecule has 0 saturated carbocycles. The van der Waals surface area contributed by atoms with Gasteiger partial charge in [0.25, 0.3) is 0 Å². The Hall–Kier alpha value is -3.03. The topological polar surface area (TPSA) is 101 Å². The van der Waals surface area contributed by atoms with Gasteiger partial charge in [0.05, 0.1) is 13.2 Å². The summed E-state index contributed by atoms with van der Waals surface area (Å²) < 4.78 is 25.9. The highest BCUT2D eigenvalue weighted by molar-refractivity contribution is 5.85. The highest BCUT2D eigenvalue weighted by Gasteiger charge is 2.15. The minimum Gasteiger partial charge on any atom is -0.482 e. The molecule has 0 unspecified atom stereocenters. The summed E-state index contributed by atoms with van der Waals surface area (Å²) in [7, 11) is 0. The van der Waals surface area contributed by atoms with Crippen molar-refractivity contribution < 1.29 is 33.0 Å². The Bertz CT molecular complexity index is 852. The van der Waals surface area contributed by atoms with Crippen LogP contribution in [0.15, 0.2) is 27.4 Å². The maximum atomic E-state index is 12.3. The number of hydrogen-bond acceptors (Lipinski definition) is 8. The first-order chi connectivity index (χ1) is 12.4. The van der Waals surface area contributed by atoms with Gasteiger partial charge in [0.2, 0.25) is 0 Å². The van der Waals surface area contributed by atoms with Gasteiger partial charge in [-0.05, 0) is 20.8 Å². The van der Waals surface area contributed by atoms with Gasteiger partial charge in [-0.25, -0.2) is 9.59 Å². The van der Waals surface area contributed by atoms with Crippen molar-refractivity contribution in [2.24, 2.45) is 0 Å². The van der Waals surface area contributed by atoms with E-state index < -0.39 is 11.9 Å². The number of ether oxygens (including phenoxy) is 4. The van der Waals surface area contributed by atoms with Crippen molar-refractivity contribution in [3.63, 3.8) is 0 Å². The summed E-state index contributed by atoms with van der Waals surface area (Å²) in [6, 6.07) is 4.20. The molecule has 0 saturated heterocycles. The van der Waals surface area contributed by atoms with Crippen LogP contribution in [0.1, 0.15) is 19.6 Å². The summed E-state index contributed by atoms with van der Waals surface area (Å²) in [4.78, 5) is 35.3. The Morgan fingerprint density at radius 2 is 1.58 bits per heavy atom. The smallest absolute Gasteiger partial charge is 0.344 e. The highest BCUT2D eigenvalue weighted by Crippen LogP contribution is 2.30. The standard InChI is InChI=1S/C18H20O8/c1-4-22-16(20)9-24-12-7-14(25-10-17(21)23-5-2)18-13(19)6-11(3)26-15(18)8-12/h6-8H,4-5,9-10H2,1-3H3. The fourth-order valence-corrected chi connectivity index (χ4v) is 2.23. The summed E-state index contributed by atoms with van der Waals surface area (Å²) >= 11 is 0. The van der Waals surface area contributed by atoms with E-state index in [1.165, 1.54) is 18.2 Å². The lowest BCUT2D eigenvalue weighted by Crippen LogP contribution is -2.16. The maximum Gasteiger partial charge on any atom is 0.344 e.